The van der Waals surface area contributed by atoms with Crippen molar-refractivity contribution in [3.63, 3.8) is 0 Å². The minimum Gasteiger partial charge on any atom is -0.497 e. The van der Waals surface area contributed by atoms with Crippen LogP contribution in [0.5, 0.6) is 5.75 Å². The van der Waals surface area contributed by atoms with Crippen molar-refractivity contribution in [2.75, 3.05) is 17.9 Å². The smallest absolute Gasteiger partial charge is 0.189 e. The summed E-state index contributed by atoms with van der Waals surface area (Å²) in [5, 5.41) is 3.57. The molecule has 5 heteroatoms. The topological polar surface area (TPSA) is 45.3 Å². The van der Waals surface area contributed by atoms with Crippen LogP contribution in [0, 0.1) is 6.92 Å². The van der Waals surface area contributed by atoms with Gasteiger partial charge < -0.3 is 10.1 Å². The number of hydrogen-bond donors (Lipinski definition) is 3. The van der Waals surface area contributed by atoms with Crippen molar-refractivity contribution in [3.05, 3.63) is 54.1 Å². The molecule has 0 spiro atoms. The van der Waals surface area contributed by atoms with Crippen LogP contribution in [0.1, 0.15) is 5.56 Å². The van der Waals surface area contributed by atoms with Gasteiger partial charge in [0.15, 0.2) is 5.11 Å². The van der Waals surface area contributed by atoms with Crippen LogP contribution >= 0.6 is 12.2 Å². The molecule has 0 aromatic heterocycles. The van der Waals surface area contributed by atoms with Crippen LogP contribution in [0.25, 0.3) is 0 Å². The van der Waals surface area contributed by atoms with E-state index in [1.807, 2.05) is 55.5 Å². The third-order valence-corrected chi connectivity index (χ3v) is 2.87. The fourth-order valence-electron chi connectivity index (χ4n) is 1.71. The van der Waals surface area contributed by atoms with E-state index in [1.165, 1.54) is 5.56 Å². The Balaban J connectivity index is 1.89. The summed E-state index contributed by atoms with van der Waals surface area (Å²) >= 11 is 5.22. The number of nitrogens with one attached hydrogen (secondary N) is 3. The molecular formula is C15H17N3OS. The number of hydrogen-bond acceptors (Lipinski definition) is 3. The van der Waals surface area contributed by atoms with E-state index in [2.05, 4.69) is 16.2 Å². The average molecular weight is 287 g/mol. The van der Waals surface area contributed by atoms with E-state index < -0.39 is 0 Å². The lowest BCUT2D eigenvalue weighted by Gasteiger charge is -2.13. The third kappa shape index (κ3) is 4.13. The number of benzene rings is 2. The number of ether oxygens (including phenoxy) is 1. The first-order chi connectivity index (χ1) is 9.67. The zero-order valence-corrected chi connectivity index (χ0v) is 12.3. The van der Waals surface area contributed by atoms with Gasteiger partial charge in [-0.3, -0.25) is 10.9 Å². The summed E-state index contributed by atoms with van der Waals surface area (Å²) in [4.78, 5) is 0. The molecule has 0 unspecified atom stereocenters. The van der Waals surface area contributed by atoms with Gasteiger partial charge in [-0.25, -0.2) is 0 Å². The molecule has 0 amide bonds. The molecule has 2 aromatic rings. The molecule has 0 saturated heterocycles. The largest absolute Gasteiger partial charge is 0.497 e. The minimum atomic E-state index is 0.486. The molecule has 2 aromatic carbocycles. The van der Waals surface area contributed by atoms with Crippen LogP contribution in [0.15, 0.2) is 48.5 Å². The highest BCUT2D eigenvalue weighted by atomic mass is 32.1. The van der Waals surface area contributed by atoms with Gasteiger partial charge in [0.05, 0.1) is 12.8 Å². The van der Waals surface area contributed by atoms with Crippen molar-refractivity contribution < 1.29 is 4.74 Å². The minimum absolute atomic E-state index is 0.486. The van der Waals surface area contributed by atoms with E-state index in [-0.39, 0.29) is 0 Å². The summed E-state index contributed by atoms with van der Waals surface area (Å²) in [5.74, 6) is 0.782. The lowest BCUT2D eigenvalue weighted by atomic mass is 10.2. The first-order valence-corrected chi connectivity index (χ1v) is 6.62. The molecule has 0 radical (unpaired) electrons. The standard InChI is InChI=1S/C15H17N3OS/c1-11-5-3-7-13(9-11)17-18-15(20)16-12-6-4-8-14(10-12)19-2/h3-10,17H,1-2H3,(H2,16,18,20). The number of methoxy groups -OCH3 is 1. The third-order valence-electron chi connectivity index (χ3n) is 2.67. The highest BCUT2D eigenvalue weighted by Crippen LogP contribution is 2.16. The molecule has 2 rings (SSSR count). The molecular weight excluding hydrogens is 270 g/mol. The van der Waals surface area contributed by atoms with E-state index in [4.69, 9.17) is 17.0 Å². The summed E-state index contributed by atoms with van der Waals surface area (Å²) in [6, 6.07) is 15.6. The van der Waals surface area contributed by atoms with Crippen molar-refractivity contribution in [1.82, 2.24) is 5.43 Å². The van der Waals surface area contributed by atoms with Gasteiger partial charge in [0.25, 0.3) is 0 Å². The van der Waals surface area contributed by atoms with Gasteiger partial charge >= 0.3 is 0 Å². The molecule has 0 aliphatic heterocycles. The fraction of sp³-hybridized carbons (Fsp3) is 0.133. The predicted molar refractivity (Wildman–Crippen MR) is 87.2 cm³/mol. The zero-order valence-electron chi connectivity index (χ0n) is 11.4. The molecule has 0 aliphatic rings. The quantitative estimate of drug-likeness (QED) is 0.595. The van der Waals surface area contributed by atoms with E-state index in [1.54, 1.807) is 7.11 Å². The van der Waals surface area contributed by atoms with E-state index in [9.17, 15) is 0 Å². The predicted octanol–water partition coefficient (Wildman–Crippen LogP) is 3.32. The molecule has 0 atom stereocenters. The van der Waals surface area contributed by atoms with Crippen LogP contribution in [-0.4, -0.2) is 12.2 Å². The first-order valence-electron chi connectivity index (χ1n) is 6.21. The average Bonchev–Trinajstić information content (AvgIpc) is 2.45. The van der Waals surface area contributed by atoms with Crippen molar-refractivity contribution in [2.24, 2.45) is 0 Å². The van der Waals surface area contributed by atoms with Crippen molar-refractivity contribution in [1.29, 1.82) is 0 Å². The number of rotatable bonds is 4. The number of aryl methyl sites for hydroxylation is 1. The van der Waals surface area contributed by atoms with Gasteiger partial charge in [-0.15, -0.1) is 0 Å². The number of hydrazine groups is 1. The Morgan fingerprint density at radius 1 is 1.05 bits per heavy atom. The van der Waals surface area contributed by atoms with Crippen molar-refractivity contribution in [3.8, 4) is 5.75 Å². The van der Waals surface area contributed by atoms with Crippen LogP contribution in [0.4, 0.5) is 11.4 Å². The Morgan fingerprint density at radius 3 is 2.55 bits per heavy atom. The monoisotopic (exact) mass is 287 g/mol. The van der Waals surface area contributed by atoms with E-state index >= 15 is 0 Å². The zero-order chi connectivity index (χ0) is 14.4. The molecule has 20 heavy (non-hydrogen) atoms. The first kappa shape index (κ1) is 14.1. The second-order valence-electron chi connectivity index (χ2n) is 4.31. The molecule has 0 fully saturated rings. The lowest BCUT2D eigenvalue weighted by molar-refractivity contribution is 0.415. The maximum Gasteiger partial charge on any atom is 0.189 e. The maximum atomic E-state index is 5.22. The van der Waals surface area contributed by atoms with Gasteiger partial charge in [0.2, 0.25) is 0 Å². The highest BCUT2D eigenvalue weighted by molar-refractivity contribution is 7.80. The SMILES string of the molecule is COc1cccc(NC(=S)NNc2cccc(C)c2)c1. The summed E-state index contributed by atoms with van der Waals surface area (Å²) in [6.45, 7) is 2.04. The van der Waals surface area contributed by atoms with Crippen LogP contribution in [0.2, 0.25) is 0 Å². The second-order valence-corrected chi connectivity index (χ2v) is 4.71. The van der Waals surface area contributed by atoms with Gasteiger partial charge in [0, 0.05) is 11.8 Å². The Kier molecular flexibility index (Phi) is 4.79. The number of thiocarbonyl (C=S) groups is 1. The van der Waals surface area contributed by atoms with Crippen molar-refractivity contribution >= 4 is 28.7 Å². The molecule has 4 nitrogen and oxygen atoms in total. The molecule has 0 aliphatic carbocycles. The molecule has 104 valence electrons. The van der Waals surface area contributed by atoms with E-state index in [0.717, 1.165) is 17.1 Å². The summed E-state index contributed by atoms with van der Waals surface area (Å²) in [5.41, 5.74) is 9.00. The van der Waals surface area contributed by atoms with Gasteiger partial charge in [-0.2, -0.15) is 0 Å². The Bertz CT molecular complexity index is 601. The van der Waals surface area contributed by atoms with Crippen LogP contribution in [0.3, 0.4) is 0 Å². The highest BCUT2D eigenvalue weighted by Gasteiger charge is 1.99. The van der Waals surface area contributed by atoms with Crippen molar-refractivity contribution in [2.45, 2.75) is 6.92 Å². The Labute approximate surface area is 124 Å². The van der Waals surface area contributed by atoms with Gasteiger partial charge in [-0.1, -0.05) is 18.2 Å². The molecule has 0 heterocycles. The normalized spacial score (nSPS) is 9.70. The molecule has 0 bridgehead atoms. The maximum absolute atomic E-state index is 5.22. The van der Waals surface area contributed by atoms with Crippen LogP contribution in [-0.2, 0) is 0 Å². The summed E-state index contributed by atoms with van der Waals surface area (Å²) in [7, 11) is 1.63. The van der Waals surface area contributed by atoms with E-state index in [0.29, 0.717) is 5.11 Å². The fourth-order valence-corrected chi connectivity index (χ4v) is 1.88. The lowest BCUT2D eigenvalue weighted by Crippen LogP contribution is -2.33. The van der Waals surface area contributed by atoms with Gasteiger partial charge in [-0.05, 0) is 49.0 Å². The molecule has 0 saturated carbocycles. The number of anilines is 2. The molecule has 3 N–H and O–H groups in total. The second kappa shape index (κ2) is 6.77. The van der Waals surface area contributed by atoms with Crippen LogP contribution < -0.4 is 20.9 Å². The Morgan fingerprint density at radius 2 is 1.80 bits per heavy atom. The Hall–Kier alpha value is -2.27. The van der Waals surface area contributed by atoms with Gasteiger partial charge in [0.1, 0.15) is 5.75 Å². The summed E-state index contributed by atoms with van der Waals surface area (Å²) < 4.78 is 5.16. The summed E-state index contributed by atoms with van der Waals surface area (Å²) in [6.07, 6.45) is 0.